The Bertz CT molecular complexity index is 995. The molecule has 0 aromatic rings. The van der Waals surface area contributed by atoms with E-state index in [1.807, 2.05) is 13.8 Å². The molecule has 0 aliphatic heterocycles. The van der Waals surface area contributed by atoms with Crippen LogP contribution in [0.25, 0.3) is 0 Å². The molecule has 0 amide bonds. The number of carbonyl (C=O) groups is 2. The van der Waals surface area contributed by atoms with E-state index in [4.69, 9.17) is 9.47 Å². The molecule has 4 aliphatic rings. The third kappa shape index (κ3) is 5.37. The van der Waals surface area contributed by atoms with E-state index in [9.17, 15) is 9.59 Å². The van der Waals surface area contributed by atoms with Crippen molar-refractivity contribution < 1.29 is 19.1 Å². The fourth-order valence-electron chi connectivity index (χ4n) is 7.54. The van der Waals surface area contributed by atoms with Crippen molar-refractivity contribution >= 4 is 27.5 Å². The molecule has 0 bridgehead atoms. The van der Waals surface area contributed by atoms with Gasteiger partial charge in [0.2, 0.25) is 0 Å². The number of hydrogen-bond donors (Lipinski definition) is 0. The number of carbonyl (C=O) groups excluding carboxylic acids is 2. The van der Waals surface area contributed by atoms with Gasteiger partial charge in [-0.3, -0.25) is 9.59 Å². The maximum atomic E-state index is 12.8. The van der Waals surface area contributed by atoms with Crippen LogP contribution in [0.2, 0.25) is 0 Å². The lowest BCUT2D eigenvalue weighted by Gasteiger charge is -2.52. The molecule has 10 unspecified atom stereocenters. The number of methoxy groups -OCH3 is 2. The summed E-state index contributed by atoms with van der Waals surface area (Å²) in [7, 11) is 3.30. The number of ether oxygens (including phenoxy) is 2. The molecule has 5 heteroatoms. The molecule has 0 saturated heterocycles. The van der Waals surface area contributed by atoms with E-state index in [2.05, 4.69) is 80.6 Å². The molecule has 0 N–H and O–H groups in total. The molecule has 0 spiro atoms. The molecule has 38 heavy (non-hydrogen) atoms. The fourth-order valence-corrected chi connectivity index (χ4v) is 8.68. The molecule has 4 aliphatic carbocycles. The Balaban J connectivity index is 0.000000211. The predicted molar refractivity (Wildman–Crippen MR) is 159 cm³/mol. The smallest absolute Gasteiger partial charge is 0.169 e. The number of ketones is 2. The van der Waals surface area contributed by atoms with Gasteiger partial charge in [-0.2, -0.15) is 0 Å². The third-order valence-electron chi connectivity index (χ3n) is 10.7. The van der Waals surface area contributed by atoms with E-state index < -0.39 is 0 Å². The largest absolute Gasteiger partial charge is 0.373 e. The van der Waals surface area contributed by atoms with Crippen LogP contribution in [0.15, 0.2) is 48.1 Å². The van der Waals surface area contributed by atoms with Crippen LogP contribution >= 0.6 is 15.9 Å². The summed E-state index contributed by atoms with van der Waals surface area (Å²) in [5, 5.41) is 0.863. The van der Waals surface area contributed by atoms with Crippen molar-refractivity contribution in [1.82, 2.24) is 0 Å². The van der Waals surface area contributed by atoms with Gasteiger partial charge in [0.25, 0.3) is 0 Å². The lowest BCUT2D eigenvalue weighted by atomic mass is 9.54. The van der Waals surface area contributed by atoms with Gasteiger partial charge in [-0.05, 0) is 69.1 Å². The number of halogens is 1. The second-order valence-electron chi connectivity index (χ2n) is 12.6. The molecular weight excluding hydrogens is 540 g/mol. The molecule has 4 nitrogen and oxygen atoms in total. The van der Waals surface area contributed by atoms with Crippen molar-refractivity contribution in [2.75, 3.05) is 19.5 Å². The second kappa shape index (κ2) is 12.5. The topological polar surface area (TPSA) is 52.6 Å². The van der Waals surface area contributed by atoms with Crippen LogP contribution in [-0.2, 0) is 19.1 Å². The van der Waals surface area contributed by atoms with Gasteiger partial charge in [0.05, 0.1) is 0 Å². The highest BCUT2D eigenvalue weighted by Gasteiger charge is 2.55. The van der Waals surface area contributed by atoms with Crippen molar-refractivity contribution in [3.05, 3.63) is 48.1 Å². The molecule has 4 rings (SSSR count). The molecule has 0 radical (unpaired) electrons. The van der Waals surface area contributed by atoms with E-state index in [0.29, 0.717) is 11.8 Å². The number of Topliss-reactive ketones (excluding diaryl/α,β-unsaturated/α-hetero) is 2. The average Bonchev–Trinajstić information content (AvgIpc) is 2.90. The SMILES string of the molecule is C/C=C(\C)C1CC2(C)C(C)CC=CC2C(=O)C1OC.C=C(C)C1CC2(CBr)C(C)CC=CC2C(=O)C1OC. The van der Waals surface area contributed by atoms with E-state index in [0.717, 1.165) is 36.6 Å². The predicted octanol–water partition coefficient (Wildman–Crippen LogP) is 7.54. The lowest BCUT2D eigenvalue weighted by Crippen LogP contribution is -2.55. The normalized spacial score (nSPS) is 42.6. The standard InChI is InChI=1S/C17H26O2.C16H23BrO2/c1-6-11(2)13-10-17(4)12(3)8-7-9-14(17)15(18)16(13)19-5;1-10(2)12-8-16(9-17)11(3)6-5-7-13(16)14(18)15(12)19-4/h6-7,9,12-14,16H,8,10H2,1-5H3;5,7,11-13,15H,1,6,8-9H2,2-4H3/b11-6+;. The first-order chi connectivity index (χ1) is 17.9. The van der Waals surface area contributed by atoms with Gasteiger partial charge < -0.3 is 9.47 Å². The van der Waals surface area contributed by atoms with E-state index >= 15 is 0 Å². The highest BCUT2D eigenvalue weighted by atomic mass is 79.9. The average molecular weight is 590 g/mol. The van der Waals surface area contributed by atoms with Gasteiger partial charge in [-0.1, -0.05) is 84.8 Å². The van der Waals surface area contributed by atoms with E-state index in [1.165, 1.54) is 5.57 Å². The maximum absolute atomic E-state index is 12.8. The first-order valence-corrected chi connectivity index (χ1v) is 15.4. The summed E-state index contributed by atoms with van der Waals surface area (Å²) in [6.07, 6.45) is 14.2. The molecule has 0 heterocycles. The van der Waals surface area contributed by atoms with Crippen LogP contribution in [0.5, 0.6) is 0 Å². The van der Waals surface area contributed by atoms with E-state index in [-0.39, 0.29) is 58.3 Å². The molecule has 10 atom stereocenters. The first-order valence-electron chi connectivity index (χ1n) is 14.2. The van der Waals surface area contributed by atoms with Crippen molar-refractivity contribution in [3.63, 3.8) is 0 Å². The van der Waals surface area contributed by atoms with Gasteiger partial charge in [0, 0.05) is 43.2 Å². The number of allylic oxidation sites excluding steroid dienone is 5. The van der Waals surface area contributed by atoms with Gasteiger partial charge in [0.15, 0.2) is 11.6 Å². The molecule has 2 saturated carbocycles. The summed E-state index contributed by atoms with van der Waals surface area (Å²) in [5.41, 5.74) is 2.43. The first kappa shape index (κ1) is 31.2. The maximum Gasteiger partial charge on any atom is 0.169 e. The van der Waals surface area contributed by atoms with E-state index in [1.54, 1.807) is 14.2 Å². The minimum absolute atomic E-state index is 0.0174. The molecule has 0 aromatic heterocycles. The Morgan fingerprint density at radius 3 is 2.03 bits per heavy atom. The van der Waals surface area contributed by atoms with Crippen molar-refractivity contribution in [2.24, 2.45) is 46.3 Å². The highest BCUT2D eigenvalue weighted by Crippen LogP contribution is 2.54. The summed E-state index contributed by atoms with van der Waals surface area (Å²) < 4.78 is 11.0. The zero-order valence-corrected chi connectivity index (χ0v) is 26.3. The minimum atomic E-state index is -0.329. The second-order valence-corrected chi connectivity index (χ2v) is 13.1. The Morgan fingerprint density at radius 1 is 0.974 bits per heavy atom. The van der Waals surface area contributed by atoms with Crippen molar-refractivity contribution in [1.29, 1.82) is 0 Å². The lowest BCUT2D eigenvalue weighted by molar-refractivity contribution is -0.148. The Hall–Kier alpha value is -1.30. The summed E-state index contributed by atoms with van der Waals surface area (Å²) >= 11 is 3.67. The van der Waals surface area contributed by atoms with Crippen LogP contribution in [0, 0.1) is 46.3 Å². The molecule has 212 valence electrons. The van der Waals surface area contributed by atoms with Crippen LogP contribution in [-0.4, -0.2) is 43.3 Å². The van der Waals surface area contributed by atoms with Crippen molar-refractivity contribution in [2.45, 2.75) is 79.4 Å². The fraction of sp³-hybridized carbons (Fsp3) is 0.697. The summed E-state index contributed by atoms with van der Waals surface area (Å²) in [6, 6.07) is 0. The Labute approximate surface area is 239 Å². The van der Waals surface area contributed by atoms with Crippen molar-refractivity contribution in [3.8, 4) is 0 Å². The van der Waals surface area contributed by atoms with Gasteiger partial charge in [-0.15, -0.1) is 0 Å². The number of fused-ring (bicyclic) bond motifs is 2. The Kier molecular flexibility index (Phi) is 10.3. The quantitative estimate of drug-likeness (QED) is 0.246. The van der Waals surface area contributed by atoms with Gasteiger partial charge in [0.1, 0.15) is 12.2 Å². The number of alkyl halides is 1. The zero-order valence-electron chi connectivity index (χ0n) is 24.8. The number of rotatable bonds is 5. The summed E-state index contributed by atoms with van der Waals surface area (Å²) in [4.78, 5) is 25.5. The zero-order chi connectivity index (χ0) is 28.4. The highest BCUT2D eigenvalue weighted by molar-refractivity contribution is 9.09. The van der Waals surface area contributed by atoms with Crippen LogP contribution in [0.4, 0.5) is 0 Å². The summed E-state index contributed by atoms with van der Waals surface area (Å²) in [6.45, 7) is 17.1. The molecule has 2 fully saturated rings. The molecule has 0 aromatic carbocycles. The summed E-state index contributed by atoms with van der Waals surface area (Å²) in [5.74, 6) is 1.94. The van der Waals surface area contributed by atoms with Gasteiger partial charge >= 0.3 is 0 Å². The van der Waals surface area contributed by atoms with Gasteiger partial charge in [-0.25, -0.2) is 0 Å². The monoisotopic (exact) mass is 588 g/mol. The van der Waals surface area contributed by atoms with Crippen LogP contribution in [0.1, 0.15) is 67.2 Å². The molecular formula is C33H49BrO4. The minimum Gasteiger partial charge on any atom is -0.373 e. The number of hydrogen-bond acceptors (Lipinski definition) is 4. The Morgan fingerprint density at radius 2 is 1.50 bits per heavy atom. The van der Waals surface area contributed by atoms with Crippen LogP contribution in [0.3, 0.4) is 0 Å². The van der Waals surface area contributed by atoms with Crippen LogP contribution < -0.4 is 0 Å². The third-order valence-corrected chi connectivity index (χ3v) is 11.7.